The molecule has 0 fully saturated rings. The van der Waals surface area contributed by atoms with Crippen molar-refractivity contribution in [1.29, 1.82) is 0 Å². The van der Waals surface area contributed by atoms with E-state index in [0.717, 1.165) is 22.2 Å². The largest absolute Gasteiger partial charge is 0.339 e. The third kappa shape index (κ3) is 2.66. The molecular weight excluding hydrogens is 474 g/mol. The molecular formula is C36H23N3. The second kappa shape index (κ2) is 7.40. The summed E-state index contributed by atoms with van der Waals surface area (Å²) in [6.07, 6.45) is 0. The van der Waals surface area contributed by atoms with Crippen molar-refractivity contribution in [3.63, 3.8) is 0 Å². The maximum atomic E-state index is 6.66. The van der Waals surface area contributed by atoms with Gasteiger partial charge in [0, 0.05) is 27.2 Å². The van der Waals surface area contributed by atoms with Crippen LogP contribution in [0.2, 0.25) is 0 Å². The second-order valence-corrected chi connectivity index (χ2v) is 10.5. The lowest BCUT2D eigenvalue weighted by molar-refractivity contribution is 1.12. The number of fused-ring (bicyclic) bond motifs is 12. The van der Waals surface area contributed by atoms with Gasteiger partial charge in [0.05, 0.1) is 22.1 Å². The first kappa shape index (κ1) is 20.7. The highest BCUT2D eigenvalue weighted by Gasteiger charge is 2.19. The van der Waals surface area contributed by atoms with Crippen molar-refractivity contribution in [3.05, 3.63) is 127 Å². The van der Waals surface area contributed by atoms with Crippen LogP contribution in [0.4, 0.5) is 0 Å². The van der Waals surface area contributed by atoms with Gasteiger partial charge in [-0.1, -0.05) is 84.9 Å². The maximum Gasteiger partial charge on any atom is 0.0724 e. The Morgan fingerprint density at radius 1 is 0.333 bits per heavy atom. The highest BCUT2D eigenvalue weighted by atomic mass is 15.3. The number of para-hydroxylation sites is 2. The summed E-state index contributed by atoms with van der Waals surface area (Å²) >= 11 is 0. The molecule has 0 radical (unpaired) electrons. The molecule has 2 N–H and O–H groups in total. The fourth-order valence-electron chi connectivity index (χ4n) is 6.76. The zero-order valence-corrected chi connectivity index (χ0v) is 21.1. The van der Waals surface area contributed by atoms with E-state index in [9.17, 15) is 0 Å². The number of hydrogen-bond acceptors (Lipinski definition) is 1. The number of hydrogen-bond donors (Lipinski definition) is 1. The molecule has 9 rings (SSSR count). The highest BCUT2D eigenvalue weighted by molar-refractivity contribution is 6.29. The minimum atomic E-state index is 1.03. The van der Waals surface area contributed by atoms with Gasteiger partial charge in [-0.15, -0.1) is 0 Å². The quantitative estimate of drug-likeness (QED) is 0.178. The van der Waals surface area contributed by atoms with Crippen molar-refractivity contribution in [2.45, 2.75) is 0 Å². The first-order valence-electron chi connectivity index (χ1n) is 13.3. The van der Waals surface area contributed by atoms with E-state index in [1.807, 2.05) is 10.7 Å². The predicted molar refractivity (Wildman–Crippen MR) is 166 cm³/mol. The van der Waals surface area contributed by atoms with Crippen LogP contribution >= 0.6 is 0 Å². The van der Waals surface area contributed by atoms with Crippen LogP contribution in [0.5, 0.6) is 0 Å². The lowest BCUT2D eigenvalue weighted by Gasteiger charge is -2.12. The Morgan fingerprint density at radius 2 is 0.795 bits per heavy atom. The van der Waals surface area contributed by atoms with Gasteiger partial charge < -0.3 is 10.4 Å². The molecule has 7 aromatic carbocycles. The highest BCUT2D eigenvalue weighted by Crippen LogP contribution is 2.42. The molecule has 182 valence electrons. The van der Waals surface area contributed by atoms with Crippen LogP contribution in [0.15, 0.2) is 127 Å². The molecule has 0 unspecified atom stereocenters. The fraction of sp³-hybridized carbons (Fsp3) is 0. The number of nitrogens with two attached hydrogens (primary N) is 1. The Morgan fingerprint density at radius 3 is 1.46 bits per heavy atom. The van der Waals surface area contributed by atoms with Gasteiger partial charge in [0.2, 0.25) is 0 Å². The third-order valence-electron chi connectivity index (χ3n) is 8.47. The van der Waals surface area contributed by atoms with Gasteiger partial charge in [-0.3, -0.25) is 4.68 Å². The molecule has 0 bridgehead atoms. The molecule has 0 atom stereocenters. The summed E-state index contributed by atoms with van der Waals surface area (Å²) in [5, 5.41) is 12.5. The lowest BCUT2D eigenvalue weighted by atomic mass is 9.93. The van der Waals surface area contributed by atoms with Crippen LogP contribution in [-0.2, 0) is 0 Å². The third-order valence-corrected chi connectivity index (χ3v) is 8.47. The lowest BCUT2D eigenvalue weighted by Crippen LogP contribution is -2.06. The molecule has 3 nitrogen and oxygen atoms in total. The van der Waals surface area contributed by atoms with Gasteiger partial charge >= 0.3 is 0 Å². The van der Waals surface area contributed by atoms with Crippen molar-refractivity contribution in [3.8, 4) is 5.69 Å². The van der Waals surface area contributed by atoms with E-state index in [1.54, 1.807) is 0 Å². The Bertz CT molecular complexity index is 2440. The summed E-state index contributed by atoms with van der Waals surface area (Å²) in [6.45, 7) is 0. The van der Waals surface area contributed by atoms with Crippen LogP contribution in [-0.4, -0.2) is 9.24 Å². The molecule has 0 aliphatic heterocycles. The van der Waals surface area contributed by atoms with Crippen molar-refractivity contribution in [2.75, 3.05) is 5.84 Å². The summed E-state index contributed by atoms with van der Waals surface area (Å²) in [5.41, 5.74) is 5.57. The first-order chi connectivity index (χ1) is 19.3. The SMILES string of the molecule is Nn1c2ccccc2c2cc3c4cc5c6ccccc6c6ccccc6c5cc4n(-c4ccccc4)c3cc21. The van der Waals surface area contributed by atoms with Gasteiger partial charge in [0.15, 0.2) is 0 Å². The molecule has 39 heavy (non-hydrogen) atoms. The summed E-state index contributed by atoms with van der Waals surface area (Å²) < 4.78 is 4.22. The molecule has 0 saturated heterocycles. The first-order valence-corrected chi connectivity index (χ1v) is 13.3. The molecule has 2 aromatic heterocycles. The topological polar surface area (TPSA) is 35.9 Å². The van der Waals surface area contributed by atoms with Crippen LogP contribution in [0, 0.1) is 0 Å². The number of nitrogen functional groups attached to an aromatic ring is 1. The van der Waals surface area contributed by atoms with E-state index >= 15 is 0 Å². The van der Waals surface area contributed by atoms with Crippen molar-refractivity contribution in [1.82, 2.24) is 9.24 Å². The monoisotopic (exact) mass is 497 g/mol. The van der Waals surface area contributed by atoms with E-state index in [1.165, 1.54) is 59.4 Å². The maximum absolute atomic E-state index is 6.66. The van der Waals surface area contributed by atoms with Gasteiger partial charge in [0.1, 0.15) is 0 Å². The summed E-state index contributed by atoms with van der Waals surface area (Å²) in [7, 11) is 0. The molecule has 0 amide bonds. The number of rotatable bonds is 1. The Hall–Kier alpha value is -5.28. The molecule has 2 heterocycles. The van der Waals surface area contributed by atoms with Gasteiger partial charge in [-0.2, -0.15) is 0 Å². The van der Waals surface area contributed by atoms with Crippen LogP contribution in [0.1, 0.15) is 0 Å². The average molecular weight is 498 g/mol. The standard InChI is InChI=1S/C36H23N3/c37-39-33-17-9-8-16-27(33)30-19-32-31-18-28-25-14-6-4-12-23(25)24-13-5-7-15-26(24)29(28)20-34(31)38(35(32)21-36(30)39)22-10-2-1-3-11-22/h1-21H,37H2. The zero-order valence-electron chi connectivity index (χ0n) is 21.1. The van der Waals surface area contributed by atoms with Gasteiger partial charge in [-0.05, 0) is 74.8 Å². The fourth-order valence-corrected chi connectivity index (χ4v) is 6.76. The minimum Gasteiger partial charge on any atom is -0.339 e. The van der Waals surface area contributed by atoms with Crippen molar-refractivity contribution in [2.24, 2.45) is 0 Å². The second-order valence-electron chi connectivity index (χ2n) is 10.5. The minimum absolute atomic E-state index is 1.03. The summed E-state index contributed by atoms with van der Waals surface area (Å²) in [6, 6.07) is 46.0. The number of aromatic nitrogens is 2. The number of nitrogens with zero attached hydrogens (tertiary/aromatic N) is 2. The molecule has 0 aliphatic carbocycles. The number of benzene rings is 7. The molecule has 3 heteroatoms. The van der Waals surface area contributed by atoms with E-state index in [-0.39, 0.29) is 0 Å². The van der Waals surface area contributed by atoms with Crippen LogP contribution < -0.4 is 5.84 Å². The molecule has 0 saturated carbocycles. The average Bonchev–Trinajstić information content (AvgIpc) is 3.46. The Labute approximate surface area is 223 Å². The Balaban J connectivity index is 1.56. The van der Waals surface area contributed by atoms with Crippen LogP contribution in [0.3, 0.4) is 0 Å². The van der Waals surface area contributed by atoms with Crippen molar-refractivity contribution >= 4 is 75.9 Å². The molecule has 9 aromatic rings. The van der Waals surface area contributed by atoms with Crippen LogP contribution in [0.25, 0.3) is 81.6 Å². The zero-order chi connectivity index (χ0) is 25.7. The van der Waals surface area contributed by atoms with Crippen molar-refractivity contribution < 1.29 is 0 Å². The van der Waals surface area contributed by atoms with E-state index in [0.29, 0.717) is 0 Å². The van der Waals surface area contributed by atoms with Gasteiger partial charge in [-0.25, -0.2) is 0 Å². The predicted octanol–water partition coefficient (Wildman–Crippen LogP) is 9.06. The van der Waals surface area contributed by atoms with E-state index in [4.69, 9.17) is 5.84 Å². The van der Waals surface area contributed by atoms with Gasteiger partial charge in [0.25, 0.3) is 0 Å². The normalized spacial score (nSPS) is 12.2. The van der Waals surface area contributed by atoms with E-state index in [2.05, 4.69) is 126 Å². The molecule has 0 aliphatic rings. The summed E-state index contributed by atoms with van der Waals surface area (Å²) in [4.78, 5) is 0. The Kier molecular flexibility index (Phi) is 3.93. The summed E-state index contributed by atoms with van der Waals surface area (Å²) in [5.74, 6) is 6.66. The smallest absolute Gasteiger partial charge is 0.0724 e. The van der Waals surface area contributed by atoms with E-state index < -0.39 is 0 Å². The molecule has 0 spiro atoms.